The average molecular weight is 188 g/mol. The van der Waals surface area contributed by atoms with Crippen molar-refractivity contribution in [3.63, 3.8) is 0 Å². The third-order valence-electron chi connectivity index (χ3n) is 3.18. The number of hydrogen-bond donors (Lipinski definition) is 0. The summed E-state index contributed by atoms with van der Waals surface area (Å²) in [6, 6.07) is 2.15. The van der Waals surface area contributed by atoms with E-state index in [1.165, 1.54) is 22.5 Å². The number of aryl methyl sites for hydroxylation is 4. The van der Waals surface area contributed by atoms with Crippen LogP contribution in [-0.4, -0.2) is 9.38 Å². The lowest BCUT2D eigenvalue weighted by molar-refractivity contribution is 0.956. The third-order valence-corrected chi connectivity index (χ3v) is 3.18. The molecule has 0 saturated carbocycles. The summed E-state index contributed by atoms with van der Waals surface area (Å²) in [6.07, 6.45) is 0. The van der Waals surface area contributed by atoms with Crippen molar-refractivity contribution in [3.05, 3.63) is 34.3 Å². The Morgan fingerprint density at radius 3 is 2.29 bits per heavy atom. The minimum atomic E-state index is 1.07. The van der Waals surface area contributed by atoms with Crippen molar-refractivity contribution in [2.45, 2.75) is 34.6 Å². The van der Waals surface area contributed by atoms with E-state index in [9.17, 15) is 0 Å². The Bertz CT molecular complexity index is 507. The van der Waals surface area contributed by atoms with Gasteiger partial charge in [0.1, 0.15) is 5.65 Å². The molecule has 0 bridgehead atoms. The van der Waals surface area contributed by atoms with Gasteiger partial charge in [0.15, 0.2) is 0 Å². The maximum absolute atomic E-state index is 4.58. The first kappa shape index (κ1) is 9.25. The molecule has 0 aliphatic carbocycles. The van der Waals surface area contributed by atoms with E-state index in [2.05, 4.69) is 50.1 Å². The molecular weight excluding hydrogens is 172 g/mol. The first-order chi connectivity index (χ1) is 6.52. The van der Waals surface area contributed by atoms with E-state index in [0.29, 0.717) is 0 Å². The van der Waals surface area contributed by atoms with Gasteiger partial charge in [-0.05, 0) is 51.8 Å². The summed E-state index contributed by atoms with van der Waals surface area (Å²) in [6.45, 7) is 10.6. The Kier molecular flexibility index (Phi) is 1.88. The van der Waals surface area contributed by atoms with E-state index in [0.717, 1.165) is 11.3 Å². The quantitative estimate of drug-likeness (QED) is 0.621. The second-order valence-corrected chi connectivity index (χ2v) is 4.01. The lowest BCUT2D eigenvalue weighted by atomic mass is 10.2. The smallest absolute Gasteiger partial charge is 0.137 e. The standard InChI is InChI=1S/C12H16N2/c1-7-6-12-13-9(3)8(2)11(5)14(12)10(7)4/h6H,1-5H3. The van der Waals surface area contributed by atoms with Crippen molar-refractivity contribution in [1.29, 1.82) is 0 Å². The highest BCUT2D eigenvalue weighted by atomic mass is 15.0. The van der Waals surface area contributed by atoms with Crippen LogP contribution in [0.1, 0.15) is 28.2 Å². The summed E-state index contributed by atoms with van der Waals surface area (Å²) < 4.78 is 2.23. The highest BCUT2D eigenvalue weighted by Gasteiger charge is 2.09. The Morgan fingerprint density at radius 2 is 1.64 bits per heavy atom. The highest BCUT2D eigenvalue weighted by Crippen LogP contribution is 2.19. The van der Waals surface area contributed by atoms with Gasteiger partial charge in [0.2, 0.25) is 0 Å². The Balaban J connectivity index is 2.99. The van der Waals surface area contributed by atoms with Crippen molar-refractivity contribution >= 4 is 5.65 Å². The van der Waals surface area contributed by atoms with Crippen LogP contribution in [0.25, 0.3) is 5.65 Å². The minimum Gasteiger partial charge on any atom is -0.303 e. The lowest BCUT2D eigenvalue weighted by Crippen LogP contribution is -2.01. The molecule has 2 nitrogen and oxygen atoms in total. The van der Waals surface area contributed by atoms with Crippen molar-refractivity contribution in [1.82, 2.24) is 9.38 Å². The molecular formula is C12H16N2. The van der Waals surface area contributed by atoms with E-state index >= 15 is 0 Å². The van der Waals surface area contributed by atoms with Crippen molar-refractivity contribution in [3.8, 4) is 0 Å². The maximum Gasteiger partial charge on any atom is 0.137 e. The SMILES string of the molecule is Cc1cc2nc(C)c(C)c(C)n2c1C. The van der Waals surface area contributed by atoms with Crippen LogP contribution in [0.5, 0.6) is 0 Å². The fraction of sp³-hybridized carbons (Fsp3) is 0.417. The molecule has 0 aromatic carbocycles. The van der Waals surface area contributed by atoms with Crippen LogP contribution in [0.4, 0.5) is 0 Å². The first-order valence-corrected chi connectivity index (χ1v) is 4.95. The average Bonchev–Trinajstić information content (AvgIpc) is 2.39. The molecule has 74 valence electrons. The van der Waals surface area contributed by atoms with E-state index in [-0.39, 0.29) is 0 Å². The van der Waals surface area contributed by atoms with E-state index < -0.39 is 0 Å². The molecule has 0 N–H and O–H groups in total. The zero-order valence-corrected chi connectivity index (χ0v) is 9.47. The fourth-order valence-corrected chi connectivity index (χ4v) is 1.90. The largest absolute Gasteiger partial charge is 0.303 e. The minimum absolute atomic E-state index is 1.07. The predicted octanol–water partition coefficient (Wildman–Crippen LogP) is 2.88. The Labute approximate surface area is 84.6 Å². The van der Waals surface area contributed by atoms with Crippen LogP contribution in [0.2, 0.25) is 0 Å². The second kappa shape index (κ2) is 2.84. The van der Waals surface area contributed by atoms with Gasteiger partial charge >= 0.3 is 0 Å². The van der Waals surface area contributed by atoms with Gasteiger partial charge in [-0.2, -0.15) is 0 Å². The monoisotopic (exact) mass is 188 g/mol. The Hall–Kier alpha value is -1.31. The molecule has 14 heavy (non-hydrogen) atoms. The zero-order valence-electron chi connectivity index (χ0n) is 9.47. The normalized spacial score (nSPS) is 11.2. The number of aromatic nitrogens is 2. The molecule has 2 rings (SSSR count). The summed E-state index contributed by atoms with van der Waals surface area (Å²) >= 11 is 0. The first-order valence-electron chi connectivity index (χ1n) is 4.95. The molecule has 0 unspecified atom stereocenters. The van der Waals surface area contributed by atoms with Crippen LogP contribution >= 0.6 is 0 Å². The zero-order chi connectivity index (χ0) is 10.5. The number of rotatable bonds is 0. The predicted molar refractivity (Wildman–Crippen MR) is 58.9 cm³/mol. The van der Waals surface area contributed by atoms with Crippen molar-refractivity contribution < 1.29 is 0 Å². The summed E-state index contributed by atoms with van der Waals surface area (Å²) in [7, 11) is 0. The van der Waals surface area contributed by atoms with Gasteiger partial charge < -0.3 is 4.40 Å². The molecule has 0 amide bonds. The topological polar surface area (TPSA) is 17.3 Å². The van der Waals surface area contributed by atoms with Gasteiger partial charge in [-0.25, -0.2) is 4.98 Å². The second-order valence-electron chi connectivity index (χ2n) is 4.01. The van der Waals surface area contributed by atoms with Crippen LogP contribution in [0.15, 0.2) is 6.07 Å². The van der Waals surface area contributed by atoms with Gasteiger partial charge in [0.25, 0.3) is 0 Å². The molecule has 2 aromatic rings. The summed E-state index contributed by atoms with van der Waals surface area (Å²) in [5.41, 5.74) is 7.40. The molecule has 0 atom stereocenters. The fourth-order valence-electron chi connectivity index (χ4n) is 1.90. The van der Waals surface area contributed by atoms with Crippen LogP contribution in [0.3, 0.4) is 0 Å². The van der Waals surface area contributed by atoms with Gasteiger partial charge in [0.05, 0.1) is 0 Å². The molecule has 2 heteroatoms. The molecule has 2 heterocycles. The highest BCUT2D eigenvalue weighted by molar-refractivity contribution is 5.50. The van der Waals surface area contributed by atoms with E-state index in [4.69, 9.17) is 0 Å². The van der Waals surface area contributed by atoms with Gasteiger partial charge in [0, 0.05) is 17.1 Å². The van der Waals surface area contributed by atoms with Gasteiger partial charge in [-0.15, -0.1) is 0 Å². The van der Waals surface area contributed by atoms with E-state index in [1.54, 1.807) is 0 Å². The molecule has 0 saturated heterocycles. The summed E-state index contributed by atoms with van der Waals surface area (Å²) in [5.74, 6) is 0. The Morgan fingerprint density at radius 1 is 1.00 bits per heavy atom. The number of nitrogens with zero attached hydrogens (tertiary/aromatic N) is 2. The van der Waals surface area contributed by atoms with Gasteiger partial charge in [-0.3, -0.25) is 0 Å². The van der Waals surface area contributed by atoms with Crippen LogP contribution in [0, 0.1) is 34.6 Å². The summed E-state index contributed by atoms with van der Waals surface area (Å²) in [4.78, 5) is 4.58. The van der Waals surface area contributed by atoms with Crippen molar-refractivity contribution in [2.24, 2.45) is 0 Å². The van der Waals surface area contributed by atoms with Gasteiger partial charge in [-0.1, -0.05) is 0 Å². The number of hydrogen-bond acceptors (Lipinski definition) is 1. The number of fused-ring (bicyclic) bond motifs is 1. The molecule has 0 aliphatic rings. The molecule has 0 fully saturated rings. The lowest BCUT2D eigenvalue weighted by Gasteiger charge is -2.09. The van der Waals surface area contributed by atoms with Crippen LogP contribution < -0.4 is 0 Å². The maximum atomic E-state index is 4.58. The van der Waals surface area contributed by atoms with Crippen LogP contribution in [-0.2, 0) is 0 Å². The molecule has 0 radical (unpaired) electrons. The molecule has 0 spiro atoms. The molecule has 2 aromatic heterocycles. The summed E-state index contributed by atoms with van der Waals surface area (Å²) in [5, 5.41) is 0. The van der Waals surface area contributed by atoms with E-state index in [1.807, 2.05) is 0 Å². The third kappa shape index (κ3) is 1.07. The molecule has 0 aliphatic heterocycles. The van der Waals surface area contributed by atoms with Crippen molar-refractivity contribution in [2.75, 3.05) is 0 Å².